The molecule has 0 atom stereocenters. The first-order valence-electron chi connectivity index (χ1n) is 5.64. The first kappa shape index (κ1) is 12.8. The minimum atomic E-state index is -0.270. The predicted octanol–water partition coefficient (Wildman–Crippen LogP) is 3.59. The first-order chi connectivity index (χ1) is 7.37. The van der Waals surface area contributed by atoms with Gasteiger partial charge in [0.15, 0.2) is 0 Å². The average molecular weight is 220 g/mol. The normalized spacial score (nSPS) is 11.2. The van der Waals surface area contributed by atoms with E-state index in [0.29, 0.717) is 11.2 Å². The summed E-state index contributed by atoms with van der Waals surface area (Å²) in [5, 5.41) is 0. The van der Waals surface area contributed by atoms with E-state index >= 15 is 0 Å². The van der Waals surface area contributed by atoms with E-state index in [-0.39, 0.29) is 5.97 Å². The van der Waals surface area contributed by atoms with Crippen LogP contribution in [-0.2, 0) is 11.2 Å². The Labute approximate surface area is 97.6 Å². The number of ether oxygens (including phenoxy) is 1. The lowest BCUT2D eigenvalue weighted by atomic mass is 9.89. The highest BCUT2D eigenvalue weighted by molar-refractivity contribution is 5.69. The average Bonchev–Trinajstić information content (AvgIpc) is 2.13. The Morgan fingerprint density at radius 1 is 1.31 bits per heavy atom. The van der Waals surface area contributed by atoms with Crippen LogP contribution >= 0.6 is 0 Å². The fourth-order valence-corrected chi connectivity index (χ4v) is 1.45. The highest BCUT2D eigenvalue weighted by Gasteiger charge is 2.10. The van der Waals surface area contributed by atoms with Crippen molar-refractivity contribution in [2.75, 3.05) is 0 Å². The fourth-order valence-electron chi connectivity index (χ4n) is 1.45. The van der Waals surface area contributed by atoms with Crippen LogP contribution in [0, 0.1) is 5.41 Å². The van der Waals surface area contributed by atoms with E-state index < -0.39 is 0 Å². The second-order valence-electron chi connectivity index (χ2n) is 5.30. The zero-order valence-electron chi connectivity index (χ0n) is 10.5. The Hall–Kier alpha value is -1.31. The summed E-state index contributed by atoms with van der Waals surface area (Å²) in [4.78, 5) is 10.8. The SMILES string of the molecule is CC(=O)Oc1cccc(CCC(C)(C)C)c1. The molecule has 0 aromatic heterocycles. The van der Waals surface area contributed by atoms with Crippen molar-refractivity contribution in [3.05, 3.63) is 29.8 Å². The molecule has 0 heterocycles. The number of rotatable bonds is 3. The van der Waals surface area contributed by atoms with Gasteiger partial charge in [-0.2, -0.15) is 0 Å². The van der Waals surface area contributed by atoms with Crippen molar-refractivity contribution in [3.8, 4) is 5.75 Å². The molecule has 0 aliphatic rings. The quantitative estimate of drug-likeness (QED) is 0.574. The van der Waals surface area contributed by atoms with Gasteiger partial charge in [0.25, 0.3) is 0 Å². The van der Waals surface area contributed by atoms with Crippen molar-refractivity contribution in [1.29, 1.82) is 0 Å². The summed E-state index contributed by atoms with van der Waals surface area (Å²) in [6.07, 6.45) is 2.13. The molecule has 0 saturated carbocycles. The van der Waals surface area contributed by atoms with Crippen molar-refractivity contribution in [2.24, 2.45) is 5.41 Å². The topological polar surface area (TPSA) is 26.3 Å². The number of aryl methyl sites for hydroxylation is 1. The van der Waals surface area contributed by atoms with Gasteiger partial charge in [-0.3, -0.25) is 4.79 Å². The van der Waals surface area contributed by atoms with Gasteiger partial charge in [0.2, 0.25) is 0 Å². The van der Waals surface area contributed by atoms with Crippen molar-refractivity contribution < 1.29 is 9.53 Å². The minimum Gasteiger partial charge on any atom is -0.427 e. The number of benzene rings is 1. The molecular formula is C14H20O2. The van der Waals surface area contributed by atoms with Crippen LogP contribution in [0.15, 0.2) is 24.3 Å². The van der Waals surface area contributed by atoms with E-state index in [4.69, 9.17) is 4.74 Å². The monoisotopic (exact) mass is 220 g/mol. The van der Waals surface area contributed by atoms with Gasteiger partial charge in [0.1, 0.15) is 5.75 Å². The standard InChI is InChI=1S/C14H20O2/c1-11(15)16-13-7-5-6-12(10-13)8-9-14(2,3)4/h5-7,10H,8-9H2,1-4H3. The second kappa shape index (κ2) is 5.15. The van der Waals surface area contributed by atoms with E-state index in [0.717, 1.165) is 12.8 Å². The summed E-state index contributed by atoms with van der Waals surface area (Å²) in [5.41, 5.74) is 1.55. The molecule has 1 aromatic rings. The Kier molecular flexibility index (Phi) is 4.11. The van der Waals surface area contributed by atoms with Crippen molar-refractivity contribution in [1.82, 2.24) is 0 Å². The largest absolute Gasteiger partial charge is 0.427 e. The second-order valence-corrected chi connectivity index (χ2v) is 5.30. The molecule has 1 aromatic carbocycles. The number of hydrogen-bond acceptors (Lipinski definition) is 2. The van der Waals surface area contributed by atoms with E-state index in [1.807, 2.05) is 18.2 Å². The van der Waals surface area contributed by atoms with E-state index in [2.05, 4.69) is 26.8 Å². The first-order valence-corrected chi connectivity index (χ1v) is 5.64. The summed E-state index contributed by atoms with van der Waals surface area (Å²) < 4.78 is 5.05. The van der Waals surface area contributed by atoms with Crippen LogP contribution in [-0.4, -0.2) is 5.97 Å². The molecule has 0 aliphatic heterocycles. The fraction of sp³-hybridized carbons (Fsp3) is 0.500. The van der Waals surface area contributed by atoms with Crippen molar-refractivity contribution in [3.63, 3.8) is 0 Å². The maximum absolute atomic E-state index is 10.8. The molecule has 0 amide bonds. The molecule has 1 rings (SSSR count). The van der Waals surface area contributed by atoms with Crippen LogP contribution < -0.4 is 4.74 Å². The van der Waals surface area contributed by atoms with Gasteiger partial charge in [-0.1, -0.05) is 32.9 Å². The van der Waals surface area contributed by atoms with E-state index in [1.165, 1.54) is 12.5 Å². The molecule has 0 saturated heterocycles. The molecular weight excluding hydrogens is 200 g/mol. The summed E-state index contributed by atoms with van der Waals surface area (Å²) in [7, 11) is 0. The summed E-state index contributed by atoms with van der Waals surface area (Å²) in [6, 6.07) is 7.74. The highest BCUT2D eigenvalue weighted by Crippen LogP contribution is 2.23. The van der Waals surface area contributed by atoms with Crippen LogP contribution in [0.4, 0.5) is 0 Å². The van der Waals surface area contributed by atoms with E-state index in [9.17, 15) is 4.79 Å². The zero-order chi connectivity index (χ0) is 12.2. The van der Waals surface area contributed by atoms with Crippen LogP contribution in [0.1, 0.15) is 39.7 Å². The molecule has 2 heteroatoms. The Bertz CT molecular complexity index is 361. The third kappa shape index (κ3) is 4.96. The Morgan fingerprint density at radius 3 is 2.56 bits per heavy atom. The summed E-state index contributed by atoms with van der Waals surface area (Å²) >= 11 is 0. The lowest BCUT2D eigenvalue weighted by Crippen LogP contribution is -2.06. The smallest absolute Gasteiger partial charge is 0.308 e. The number of hydrogen-bond donors (Lipinski definition) is 0. The van der Waals surface area contributed by atoms with Crippen LogP contribution in [0.5, 0.6) is 5.75 Å². The van der Waals surface area contributed by atoms with Gasteiger partial charge in [0, 0.05) is 6.92 Å². The molecule has 16 heavy (non-hydrogen) atoms. The third-order valence-electron chi connectivity index (χ3n) is 2.32. The lowest BCUT2D eigenvalue weighted by molar-refractivity contribution is -0.131. The molecule has 0 radical (unpaired) electrons. The van der Waals surface area contributed by atoms with Gasteiger partial charge in [0.05, 0.1) is 0 Å². The van der Waals surface area contributed by atoms with Gasteiger partial charge >= 0.3 is 5.97 Å². The van der Waals surface area contributed by atoms with Crippen molar-refractivity contribution >= 4 is 5.97 Å². The van der Waals surface area contributed by atoms with Crippen molar-refractivity contribution in [2.45, 2.75) is 40.5 Å². The Balaban J connectivity index is 2.64. The maximum atomic E-state index is 10.8. The van der Waals surface area contributed by atoms with Gasteiger partial charge in [-0.15, -0.1) is 0 Å². The molecule has 0 bridgehead atoms. The van der Waals surface area contributed by atoms with E-state index in [1.54, 1.807) is 0 Å². The third-order valence-corrected chi connectivity index (χ3v) is 2.32. The summed E-state index contributed by atoms with van der Waals surface area (Å²) in [6.45, 7) is 8.09. The van der Waals surface area contributed by atoms with Gasteiger partial charge in [-0.05, 0) is 36.0 Å². The number of esters is 1. The molecule has 2 nitrogen and oxygen atoms in total. The molecule has 0 spiro atoms. The number of carbonyl (C=O) groups is 1. The van der Waals surface area contributed by atoms with Crippen LogP contribution in [0.3, 0.4) is 0 Å². The zero-order valence-corrected chi connectivity index (χ0v) is 10.5. The lowest BCUT2D eigenvalue weighted by Gasteiger charge is -2.17. The highest BCUT2D eigenvalue weighted by atomic mass is 16.5. The number of carbonyl (C=O) groups excluding carboxylic acids is 1. The van der Waals surface area contributed by atoms with Gasteiger partial charge in [-0.25, -0.2) is 0 Å². The Morgan fingerprint density at radius 2 is 2.00 bits per heavy atom. The predicted molar refractivity (Wildman–Crippen MR) is 65.5 cm³/mol. The molecule has 0 fully saturated rings. The molecule has 0 unspecified atom stereocenters. The summed E-state index contributed by atoms with van der Waals surface area (Å²) in [5.74, 6) is 0.367. The minimum absolute atomic E-state index is 0.270. The molecule has 0 aliphatic carbocycles. The molecule has 0 N–H and O–H groups in total. The van der Waals surface area contributed by atoms with Crippen LogP contribution in [0.2, 0.25) is 0 Å². The van der Waals surface area contributed by atoms with Gasteiger partial charge < -0.3 is 4.74 Å². The van der Waals surface area contributed by atoms with Crippen LogP contribution in [0.25, 0.3) is 0 Å². The maximum Gasteiger partial charge on any atom is 0.308 e. The molecule has 88 valence electrons.